The number of ether oxygens (including phenoxy) is 2. The third-order valence-electron chi connectivity index (χ3n) is 3.92. The molecule has 1 aromatic heterocycles. The fourth-order valence-electron chi connectivity index (χ4n) is 2.58. The molecule has 0 saturated carbocycles. The van der Waals surface area contributed by atoms with E-state index in [4.69, 9.17) is 13.9 Å². The number of aromatic hydroxyl groups is 1. The molecule has 0 saturated heterocycles. The van der Waals surface area contributed by atoms with Gasteiger partial charge in [-0.15, -0.1) is 0 Å². The van der Waals surface area contributed by atoms with Gasteiger partial charge < -0.3 is 19.0 Å². The number of hydrogen-bond donors (Lipinski definition) is 1. The molecule has 0 aliphatic heterocycles. The summed E-state index contributed by atoms with van der Waals surface area (Å²) >= 11 is 0. The van der Waals surface area contributed by atoms with Gasteiger partial charge in [-0.25, -0.2) is 0 Å². The maximum Gasteiger partial charge on any atom is 0.193 e. The third kappa shape index (κ3) is 3.20. The predicted molar refractivity (Wildman–Crippen MR) is 91.1 cm³/mol. The number of phenolic OH excluding ortho intramolecular Hbond substituents is 1. The topological polar surface area (TPSA) is 68.9 Å². The number of methoxy groups -OCH3 is 2. The molecule has 5 nitrogen and oxygen atoms in total. The monoisotopic (exact) mass is 326 g/mol. The van der Waals surface area contributed by atoms with Crippen LogP contribution in [0.1, 0.15) is 11.3 Å². The van der Waals surface area contributed by atoms with Crippen LogP contribution in [0.15, 0.2) is 51.7 Å². The van der Waals surface area contributed by atoms with Crippen molar-refractivity contribution in [2.24, 2.45) is 0 Å². The highest BCUT2D eigenvalue weighted by Gasteiger charge is 2.09. The van der Waals surface area contributed by atoms with Gasteiger partial charge in [0.15, 0.2) is 5.43 Å². The van der Waals surface area contributed by atoms with E-state index in [0.717, 1.165) is 5.56 Å². The normalized spacial score (nSPS) is 10.8. The van der Waals surface area contributed by atoms with Gasteiger partial charge in [-0.05, 0) is 36.2 Å². The molecule has 0 radical (unpaired) electrons. The zero-order chi connectivity index (χ0) is 17.1. The Labute approximate surface area is 139 Å². The highest BCUT2D eigenvalue weighted by atomic mass is 16.5. The lowest BCUT2D eigenvalue weighted by molar-refractivity contribution is 0.406. The molecule has 0 spiro atoms. The molecular formula is C19H18O5. The average molecular weight is 326 g/mol. The van der Waals surface area contributed by atoms with E-state index in [2.05, 4.69) is 0 Å². The van der Waals surface area contributed by atoms with Crippen LogP contribution in [0.3, 0.4) is 0 Å². The molecule has 3 aromatic rings. The molecule has 0 amide bonds. The third-order valence-corrected chi connectivity index (χ3v) is 3.92. The molecule has 0 unspecified atom stereocenters. The minimum atomic E-state index is -0.107. The summed E-state index contributed by atoms with van der Waals surface area (Å²) in [7, 11) is 3.10. The number of rotatable bonds is 5. The van der Waals surface area contributed by atoms with E-state index in [0.29, 0.717) is 41.1 Å². The van der Waals surface area contributed by atoms with Gasteiger partial charge in [-0.1, -0.05) is 6.07 Å². The summed E-state index contributed by atoms with van der Waals surface area (Å²) in [5, 5.41) is 10.5. The lowest BCUT2D eigenvalue weighted by Gasteiger charge is -2.07. The van der Waals surface area contributed by atoms with Crippen molar-refractivity contribution in [1.29, 1.82) is 0 Å². The maximum absolute atomic E-state index is 12.2. The van der Waals surface area contributed by atoms with E-state index in [1.807, 2.05) is 0 Å². The van der Waals surface area contributed by atoms with Crippen LogP contribution in [0.2, 0.25) is 0 Å². The number of fused-ring (bicyclic) bond motifs is 1. The van der Waals surface area contributed by atoms with Crippen LogP contribution in [-0.2, 0) is 12.8 Å². The van der Waals surface area contributed by atoms with Gasteiger partial charge in [0.05, 0.1) is 19.6 Å². The van der Waals surface area contributed by atoms with E-state index in [-0.39, 0.29) is 11.2 Å². The van der Waals surface area contributed by atoms with Crippen molar-refractivity contribution in [3.63, 3.8) is 0 Å². The van der Waals surface area contributed by atoms with Gasteiger partial charge in [-0.3, -0.25) is 4.79 Å². The largest absolute Gasteiger partial charge is 0.508 e. The summed E-state index contributed by atoms with van der Waals surface area (Å²) in [5.41, 5.74) is 1.19. The fourth-order valence-corrected chi connectivity index (χ4v) is 2.58. The summed E-state index contributed by atoms with van der Waals surface area (Å²) in [6, 6.07) is 11.8. The minimum absolute atomic E-state index is 0.107. The Balaban J connectivity index is 1.84. The Morgan fingerprint density at radius 3 is 2.38 bits per heavy atom. The molecule has 0 atom stereocenters. The predicted octanol–water partition coefficient (Wildman–Crippen LogP) is 3.30. The van der Waals surface area contributed by atoms with Crippen LogP contribution in [-0.4, -0.2) is 19.3 Å². The van der Waals surface area contributed by atoms with Gasteiger partial charge in [0.1, 0.15) is 28.6 Å². The van der Waals surface area contributed by atoms with Gasteiger partial charge in [-0.2, -0.15) is 0 Å². The molecule has 0 aliphatic carbocycles. The van der Waals surface area contributed by atoms with Crippen LogP contribution in [0.4, 0.5) is 0 Å². The summed E-state index contributed by atoms with van der Waals surface area (Å²) < 4.78 is 16.0. The van der Waals surface area contributed by atoms with E-state index < -0.39 is 0 Å². The standard InChI is InChI=1S/C19H18O5/c1-22-13-7-8-19-16(9-13)18(21)11-15(24-19)6-4-12-3-5-14(23-2)10-17(12)20/h3,5,7-11,20H,4,6H2,1-2H3. The van der Waals surface area contributed by atoms with Crippen molar-refractivity contribution in [2.45, 2.75) is 12.8 Å². The van der Waals surface area contributed by atoms with Gasteiger partial charge in [0.2, 0.25) is 0 Å². The van der Waals surface area contributed by atoms with E-state index in [9.17, 15) is 9.90 Å². The van der Waals surface area contributed by atoms with Gasteiger partial charge in [0.25, 0.3) is 0 Å². The number of benzene rings is 2. The quantitative estimate of drug-likeness (QED) is 0.779. The number of phenols is 1. The first kappa shape index (κ1) is 15.9. The SMILES string of the molecule is COc1ccc(CCc2cc(=O)c3cc(OC)ccc3o2)c(O)c1. The molecule has 0 aliphatic rings. The van der Waals surface area contributed by atoms with Crippen molar-refractivity contribution < 1.29 is 19.0 Å². The molecule has 5 heteroatoms. The number of aryl methyl sites for hydroxylation is 2. The smallest absolute Gasteiger partial charge is 0.193 e. The van der Waals surface area contributed by atoms with Crippen LogP contribution >= 0.6 is 0 Å². The molecular weight excluding hydrogens is 308 g/mol. The molecule has 3 rings (SSSR count). The molecule has 24 heavy (non-hydrogen) atoms. The Morgan fingerprint density at radius 1 is 0.958 bits per heavy atom. The Kier molecular flexibility index (Phi) is 4.42. The highest BCUT2D eigenvalue weighted by Crippen LogP contribution is 2.25. The Hall–Kier alpha value is -2.95. The molecule has 1 N–H and O–H groups in total. The first-order chi connectivity index (χ1) is 11.6. The molecule has 0 bridgehead atoms. The summed E-state index contributed by atoms with van der Waals surface area (Å²) in [6.07, 6.45) is 1.07. The van der Waals surface area contributed by atoms with E-state index in [1.54, 1.807) is 50.6 Å². The fraction of sp³-hybridized carbons (Fsp3) is 0.211. The second-order valence-corrected chi connectivity index (χ2v) is 5.43. The van der Waals surface area contributed by atoms with Crippen LogP contribution in [0, 0.1) is 0 Å². The first-order valence-corrected chi connectivity index (χ1v) is 7.57. The highest BCUT2D eigenvalue weighted by molar-refractivity contribution is 5.78. The molecule has 124 valence electrons. The lowest BCUT2D eigenvalue weighted by atomic mass is 10.1. The molecule has 1 heterocycles. The zero-order valence-electron chi connectivity index (χ0n) is 13.5. The second kappa shape index (κ2) is 6.66. The number of hydrogen-bond acceptors (Lipinski definition) is 5. The van der Waals surface area contributed by atoms with Crippen molar-refractivity contribution in [2.75, 3.05) is 14.2 Å². The van der Waals surface area contributed by atoms with Crippen molar-refractivity contribution in [3.05, 3.63) is 64.0 Å². The van der Waals surface area contributed by atoms with Gasteiger partial charge >= 0.3 is 0 Å². The van der Waals surface area contributed by atoms with E-state index >= 15 is 0 Å². The summed E-state index contributed by atoms with van der Waals surface area (Å²) in [5.74, 6) is 1.96. The van der Waals surface area contributed by atoms with E-state index in [1.165, 1.54) is 6.07 Å². The Bertz CT molecular complexity index is 927. The van der Waals surface area contributed by atoms with Crippen molar-refractivity contribution >= 4 is 11.0 Å². The lowest BCUT2D eigenvalue weighted by Crippen LogP contribution is -2.03. The maximum atomic E-state index is 12.2. The Morgan fingerprint density at radius 2 is 1.67 bits per heavy atom. The van der Waals surface area contributed by atoms with Crippen molar-refractivity contribution in [3.8, 4) is 17.2 Å². The van der Waals surface area contributed by atoms with Crippen LogP contribution in [0.5, 0.6) is 17.2 Å². The van der Waals surface area contributed by atoms with Gasteiger partial charge in [0, 0.05) is 18.6 Å². The second-order valence-electron chi connectivity index (χ2n) is 5.43. The summed E-state index contributed by atoms with van der Waals surface area (Å²) in [4.78, 5) is 12.2. The first-order valence-electron chi connectivity index (χ1n) is 7.57. The average Bonchev–Trinajstić information content (AvgIpc) is 2.60. The minimum Gasteiger partial charge on any atom is -0.508 e. The molecule has 0 fully saturated rings. The van der Waals surface area contributed by atoms with Crippen LogP contribution < -0.4 is 14.9 Å². The zero-order valence-corrected chi connectivity index (χ0v) is 13.5. The summed E-state index contributed by atoms with van der Waals surface area (Å²) in [6.45, 7) is 0. The molecule has 2 aromatic carbocycles. The van der Waals surface area contributed by atoms with Crippen LogP contribution in [0.25, 0.3) is 11.0 Å². The van der Waals surface area contributed by atoms with Crippen molar-refractivity contribution in [1.82, 2.24) is 0 Å².